The number of nitro benzene ring substituents is 1. The smallest absolute Gasteiger partial charge is 0.269 e. The second-order valence-corrected chi connectivity index (χ2v) is 6.73. The fourth-order valence-corrected chi connectivity index (χ4v) is 3.88. The van der Waals surface area contributed by atoms with Crippen LogP contribution in [-0.2, 0) is 16.3 Å². The fraction of sp³-hybridized carbons (Fsp3) is 0.200. The van der Waals surface area contributed by atoms with E-state index in [1.165, 1.54) is 30.3 Å². The van der Waals surface area contributed by atoms with E-state index in [-0.39, 0.29) is 21.2 Å². The number of non-ortho nitro benzene ring substituents is 1. The van der Waals surface area contributed by atoms with Crippen molar-refractivity contribution < 1.29 is 13.3 Å². The highest BCUT2D eigenvalue weighted by Crippen LogP contribution is 2.30. The zero-order valence-corrected chi connectivity index (χ0v) is 12.8. The van der Waals surface area contributed by atoms with Gasteiger partial charge >= 0.3 is 0 Å². The van der Waals surface area contributed by atoms with Gasteiger partial charge in [-0.1, -0.05) is 25.5 Å². The number of nitrogen functional groups attached to an aromatic ring is 1. The normalized spacial score (nSPS) is 11.3. The van der Waals surface area contributed by atoms with Crippen LogP contribution in [-0.4, -0.2) is 13.3 Å². The van der Waals surface area contributed by atoms with Gasteiger partial charge in [0.2, 0.25) is 9.84 Å². The number of hydrogen-bond donors (Lipinski definition) is 1. The molecule has 7 heteroatoms. The van der Waals surface area contributed by atoms with E-state index in [1.807, 2.05) is 6.92 Å². The molecule has 0 aliphatic heterocycles. The van der Waals surface area contributed by atoms with Gasteiger partial charge in [-0.05, 0) is 30.2 Å². The largest absolute Gasteiger partial charge is 0.398 e. The van der Waals surface area contributed by atoms with Crippen molar-refractivity contribution in [3.63, 3.8) is 0 Å². The van der Waals surface area contributed by atoms with Crippen LogP contribution >= 0.6 is 0 Å². The molecule has 0 saturated carbocycles. The number of sulfone groups is 1. The first-order chi connectivity index (χ1) is 10.4. The van der Waals surface area contributed by atoms with Crippen molar-refractivity contribution in [2.45, 2.75) is 29.6 Å². The van der Waals surface area contributed by atoms with E-state index in [4.69, 9.17) is 5.73 Å². The summed E-state index contributed by atoms with van der Waals surface area (Å²) in [7, 11) is -3.81. The molecule has 22 heavy (non-hydrogen) atoms. The van der Waals surface area contributed by atoms with Crippen LogP contribution in [0, 0.1) is 10.1 Å². The molecule has 2 aromatic rings. The minimum atomic E-state index is -3.81. The molecular weight excluding hydrogens is 304 g/mol. The lowest BCUT2D eigenvalue weighted by Crippen LogP contribution is -2.09. The molecule has 0 bridgehead atoms. The van der Waals surface area contributed by atoms with Crippen LogP contribution < -0.4 is 5.73 Å². The third-order valence-electron chi connectivity index (χ3n) is 3.27. The third-order valence-corrected chi connectivity index (χ3v) is 5.20. The van der Waals surface area contributed by atoms with Crippen LogP contribution in [0.15, 0.2) is 52.3 Å². The van der Waals surface area contributed by atoms with Crippen LogP contribution in [0.2, 0.25) is 0 Å². The van der Waals surface area contributed by atoms with Gasteiger partial charge in [-0.25, -0.2) is 8.42 Å². The molecule has 0 radical (unpaired) electrons. The number of nitro groups is 1. The summed E-state index contributed by atoms with van der Waals surface area (Å²) >= 11 is 0. The monoisotopic (exact) mass is 320 g/mol. The van der Waals surface area contributed by atoms with Crippen molar-refractivity contribution in [2.75, 3.05) is 5.73 Å². The summed E-state index contributed by atoms with van der Waals surface area (Å²) in [5, 5.41) is 10.9. The van der Waals surface area contributed by atoms with Gasteiger partial charge < -0.3 is 5.73 Å². The summed E-state index contributed by atoms with van der Waals surface area (Å²) < 4.78 is 25.6. The molecule has 0 aromatic heterocycles. The van der Waals surface area contributed by atoms with Crippen molar-refractivity contribution in [1.82, 2.24) is 0 Å². The van der Waals surface area contributed by atoms with E-state index in [9.17, 15) is 18.5 Å². The Balaban J connectivity index is 2.65. The quantitative estimate of drug-likeness (QED) is 0.518. The number of aryl methyl sites for hydroxylation is 1. The predicted octanol–water partition coefficient (Wildman–Crippen LogP) is 2.96. The molecule has 0 fully saturated rings. The number of nitrogens with zero attached hydrogens (tertiary/aromatic N) is 1. The van der Waals surface area contributed by atoms with E-state index in [2.05, 4.69) is 0 Å². The van der Waals surface area contributed by atoms with Gasteiger partial charge in [-0.2, -0.15) is 0 Å². The molecule has 0 aliphatic carbocycles. The lowest BCUT2D eigenvalue weighted by Gasteiger charge is -2.11. The SMILES string of the molecule is CCCc1cc([N+](=O)[O-])ccc1S(=O)(=O)c1ccccc1N. The number of nitrogens with two attached hydrogens (primary N) is 1. The van der Waals surface area contributed by atoms with Gasteiger partial charge in [0.05, 0.1) is 20.4 Å². The molecule has 6 nitrogen and oxygen atoms in total. The number of anilines is 1. The topological polar surface area (TPSA) is 103 Å². The minimum absolute atomic E-state index is 0.0150. The Morgan fingerprint density at radius 3 is 2.41 bits per heavy atom. The van der Waals surface area contributed by atoms with E-state index in [1.54, 1.807) is 12.1 Å². The second kappa shape index (κ2) is 6.15. The fourth-order valence-electron chi connectivity index (χ4n) is 2.25. The number of hydrogen-bond acceptors (Lipinski definition) is 5. The summed E-state index contributed by atoms with van der Waals surface area (Å²) in [4.78, 5) is 10.4. The third kappa shape index (κ3) is 2.94. The van der Waals surface area contributed by atoms with Crippen molar-refractivity contribution in [1.29, 1.82) is 0 Å². The Labute approximate surface area is 128 Å². The highest BCUT2D eigenvalue weighted by molar-refractivity contribution is 7.91. The molecule has 2 aromatic carbocycles. The van der Waals surface area contributed by atoms with Gasteiger partial charge in [-0.3, -0.25) is 10.1 Å². The number of benzene rings is 2. The Kier molecular flexibility index (Phi) is 4.46. The summed E-state index contributed by atoms with van der Waals surface area (Å²) in [6.07, 6.45) is 1.11. The zero-order chi connectivity index (χ0) is 16.3. The predicted molar refractivity (Wildman–Crippen MR) is 83.4 cm³/mol. The Bertz CT molecular complexity index is 816. The molecule has 0 spiro atoms. The minimum Gasteiger partial charge on any atom is -0.398 e. The molecule has 0 atom stereocenters. The van der Waals surface area contributed by atoms with Gasteiger partial charge in [0.15, 0.2) is 0 Å². The maximum Gasteiger partial charge on any atom is 0.269 e. The molecule has 0 unspecified atom stereocenters. The molecule has 0 saturated heterocycles. The summed E-state index contributed by atoms with van der Waals surface area (Å²) in [5.74, 6) is 0. The van der Waals surface area contributed by atoms with Crippen molar-refractivity contribution in [3.05, 3.63) is 58.1 Å². The molecule has 0 heterocycles. The first kappa shape index (κ1) is 16.0. The van der Waals surface area contributed by atoms with Crippen molar-refractivity contribution >= 4 is 21.2 Å². The van der Waals surface area contributed by atoms with Crippen molar-refractivity contribution in [3.8, 4) is 0 Å². The number of para-hydroxylation sites is 1. The van der Waals surface area contributed by atoms with E-state index in [0.717, 1.165) is 0 Å². The summed E-state index contributed by atoms with van der Waals surface area (Å²) in [5.41, 5.74) is 6.22. The molecule has 2 N–H and O–H groups in total. The van der Waals surface area contributed by atoms with Gasteiger partial charge in [0, 0.05) is 12.1 Å². The van der Waals surface area contributed by atoms with Crippen LogP contribution in [0.1, 0.15) is 18.9 Å². The standard InChI is InChI=1S/C15H16N2O4S/c1-2-5-11-10-12(17(18)19)8-9-14(11)22(20,21)15-7-4-3-6-13(15)16/h3-4,6-10H,2,5,16H2,1H3. The van der Waals surface area contributed by atoms with Crippen molar-refractivity contribution in [2.24, 2.45) is 0 Å². The van der Waals surface area contributed by atoms with Crippen LogP contribution in [0.5, 0.6) is 0 Å². The zero-order valence-electron chi connectivity index (χ0n) is 12.0. The Morgan fingerprint density at radius 1 is 1.14 bits per heavy atom. The molecule has 116 valence electrons. The van der Waals surface area contributed by atoms with E-state index >= 15 is 0 Å². The molecular formula is C15H16N2O4S. The highest BCUT2D eigenvalue weighted by atomic mass is 32.2. The van der Waals surface area contributed by atoms with Crippen LogP contribution in [0.4, 0.5) is 11.4 Å². The van der Waals surface area contributed by atoms with Gasteiger partial charge in [0.1, 0.15) is 0 Å². The van der Waals surface area contributed by atoms with E-state index in [0.29, 0.717) is 18.4 Å². The first-order valence-corrected chi connectivity index (χ1v) is 8.23. The van der Waals surface area contributed by atoms with Crippen LogP contribution in [0.3, 0.4) is 0 Å². The first-order valence-electron chi connectivity index (χ1n) is 6.75. The van der Waals surface area contributed by atoms with Gasteiger partial charge in [-0.15, -0.1) is 0 Å². The van der Waals surface area contributed by atoms with E-state index < -0.39 is 14.8 Å². The second-order valence-electron chi connectivity index (χ2n) is 4.84. The summed E-state index contributed by atoms with van der Waals surface area (Å²) in [6, 6.07) is 9.98. The summed E-state index contributed by atoms with van der Waals surface area (Å²) in [6.45, 7) is 1.88. The maximum atomic E-state index is 12.8. The van der Waals surface area contributed by atoms with Crippen LogP contribution in [0.25, 0.3) is 0 Å². The average Bonchev–Trinajstić information content (AvgIpc) is 2.47. The van der Waals surface area contributed by atoms with Gasteiger partial charge in [0.25, 0.3) is 5.69 Å². The molecule has 0 amide bonds. The highest BCUT2D eigenvalue weighted by Gasteiger charge is 2.24. The number of rotatable bonds is 5. The maximum absolute atomic E-state index is 12.8. The Hall–Kier alpha value is -2.41. The molecule has 2 rings (SSSR count). The average molecular weight is 320 g/mol. The lowest BCUT2D eigenvalue weighted by molar-refractivity contribution is -0.385. The lowest BCUT2D eigenvalue weighted by atomic mass is 10.1. The molecule has 0 aliphatic rings. The Morgan fingerprint density at radius 2 is 1.82 bits per heavy atom.